The molecule has 0 aliphatic heterocycles. The van der Waals surface area contributed by atoms with E-state index in [1.165, 1.54) is 0 Å². The summed E-state index contributed by atoms with van der Waals surface area (Å²) in [7, 11) is 0. The number of nitrogens with one attached hydrogen (secondary N) is 1. The lowest BCUT2D eigenvalue weighted by Crippen LogP contribution is -2.32. The summed E-state index contributed by atoms with van der Waals surface area (Å²) in [6.07, 6.45) is 1.58. The maximum absolute atomic E-state index is 12.4. The van der Waals surface area contributed by atoms with Gasteiger partial charge in [0.2, 0.25) is 0 Å². The zero-order chi connectivity index (χ0) is 16.2. The first-order chi connectivity index (χ1) is 11.2. The molecule has 6 heteroatoms. The van der Waals surface area contributed by atoms with Gasteiger partial charge < -0.3 is 14.6 Å². The van der Waals surface area contributed by atoms with Crippen LogP contribution in [0.2, 0.25) is 0 Å². The van der Waals surface area contributed by atoms with E-state index in [-0.39, 0.29) is 5.91 Å². The van der Waals surface area contributed by atoms with Gasteiger partial charge in [-0.3, -0.25) is 9.78 Å². The number of carbonyl (C=O) groups is 1. The quantitative estimate of drug-likeness (QED) is 0.782. The van der Waals surface area contributed by atoms with Crippen LogP contribution in [-0.4, -0.2) is 22.2 Å². The lowest BCUT2D eigenvalue weighted by atomic mass is 10.2. The first-order valence-electron chi connectivity index (χ1n) is 7.42. The van der Waals surface area contributed by atoms with Crippen molar-refractivity contribution in [2.75, 3.05) is 5.32 Å². The van der Waals surface area contributed by atoms with Gasteiger partial charge >= 0.3 is 0 Å². The standard InChI is InChI=1S/C17H17N3O3/c1-3-13(17(21)19-15-10-11(2)23-20-15)22-14-8-4-6-12-7-5-9-18-16(12)14/h4-10,13H,3H2,1-2H3,(H,19,20,21). The first-order valence-corrected chi connectivity index (χ1v) is 7.42. The summed E-state index contributed by atoms with van der Waals surface area (Å²) in [6, 6.07) is 11.1. The van der Waals surface area contributed by atoms with Crippen molar-refractivity contribution in [3.63, 3.8) is 0 Å². The van der Waals surface area contributed by atoms with Crippen molar-refractivity contribution in [1.29, 1.82) is 0 Å². The number of anilines is 1. The van der Waals surface area contributed by atoms with E-state index in [4.69, 9.17) is 9.26 Å². The van der Waals surface area contributed by atoms with E-state index >= 15 is 0 Å². The molecule has 1 N–H and O–H groups in total. The number of aryl methyl sites for hydroxylation is 1. The van der Waals surface area contributed by atoms with Gasteiger partial charge in [0.25, 0.3) is 5.91 Å². The molecule has 23 heavy (non-hydrogen) atoms. The van der Waals surface area contributed by atoms with Gasteiger partial charge in [-0.05, 0) is 25.5 Å². The van der Waals surface area contributed by atoms with E-state index in [9.17, 15) is 4.79 Å². The second-order valence-corrected chi connectivity index (χ2v) is 5.16. The van der Waals surface area contributed by atoms with Crippen LogP contribution in [0, 0.1) is 6.92 Å². The lowest BCUT2D eigenvalue weighted by Gasteiger charge is -2.17. The average Bonchev–Trinajstić information content (AvgIpc) is 2.97. The molecule has 6 nitrogen and oxygen atoms in total. The fourth-order valence-corrected chi connectivity index (χ4v) is 2.28. The summed E-state index contributed by atoms with van der Waals surface area (Å²) in [4.78, 5) is 16.7. The Hall–Kier alpha value is -2.89. The third kappa shape index (κ3) is 3.31. The Balaban J connectivity index is 1.79. The molecule has 1 aromatic carbocycles. The zero-order valence-corrected chi connectivity index (χ0v) is 12.9. The minimum absolute atomic E-state index is 0.270. The Kier molecular flexibility index (Phi) is 4.23. The Labute approximate surface area is 133 Å². The van der Waals surface area contributed by atoms with Gasteiger partial charge in [-0.2, -0.15) is 0 Å². The third-order valence-corrected chi connectivity index (χ3v) is 3.41. The minimum Gasteiger partial charge on any atom is -0.478 e. The second-order valence-electron chi connectivity index (χ2n) is 5.16. The van der Waals surface area contributed by atoms with Crippen molar-refractivity contribution < 1.29 is 14.1 Å². The Morgan fingerprint density at radius 2 is 2.17 bits per heavy atom. The normalized spacial score (nSPS) is 12.1. The van der Waals surface area contributed by atoms with Crippen LogP contribution < -0.4 is 10.1 Å². The van der Waals surface area contributed by atoms with Crippen molar-refractivity contribution in [2.24, 2.45) is 0 Å². The summed E-state index contributed by atoms with van der Waals surface area (Å²) >= 11 is 0. The van der Waals surface area contributed by atoms with Crippen molar-refractivity contribution >= 4 is 22.6 Å². The summed E-state index contributed by atoms with van der Waals surface area (Å²) in [5.41, 5.74) is 0.735. The van der Waals surface area contributed by atoms with Crippen molar-refractivity contribution in [1.82, 2.24) is 10.1 Å². The monoisotopic (exact) mass is 311 g/mol. The SMILES string of the molecule is CCC(Oc1cccc2cccnc12)C(=O)Nc1cc(C)on1. The number of nitrogens with zero attached hydrogens (tertiary/aromatic N) is 2. The average molecular weight is 311 g/mol. The maximum atomic E-state index is 12.4. The fraction of sp³-hybridized carbons (Fsp3) is 0.235. The van der Waals surface area contributed by atoms with Crippen molar-refractivity contribution in [3.8, 4) is 5.75 Å². The number of fused-ring (bicyclic) bond motifs is 1. The number of aromatic nitrogens is 2. The molecule has 2 heterocycles. The Morgan fingerprint density at radius 1 is 1.35 bits per heavy atom. The number of carbonyl (C=O) groups excluding carboxylic acids is 1. The first kappa shape index (κ1) is 15.0. The highest BCUT2D eigenvalue weighted by Gasteiger charge is 2.20. The number of hydrogen-bond donors (Lipinski definition) is 1. The van der Waals surface area contributed by atoms with Gasteiger partial charge in [0, 0.05) is 17.6 Å². The predicted molar refractivity (Wildman–Crippen MR) is 86.3 cm³/mol. The zero-order valence-electron chi connectivity index (χ0n) is 12.9. The molecule has 0 saturated carbocycles. The van der Waals surface area contributed by atoms with Gasteiger partial charge in [-0.15, -0.1) is 0 Å². The molecular weight excluding hydrogens is 294 g/mol. The van der Waals surface area contributed by atoms with E-state index in [0.29, 0.717) is 23.7 Å². The molecule has 3 aromatic rings. The number of ether oxygens (including phenoxy) is 1. The van der Waals surface area contributed by atoms with E-state index in [2.05, 4.69) is 15.5 Å². The van der Waals surface area contributed by atoms with E-state index in [0.717, 1.165) is 10.9 Å². The molecule has 0 spiro atoms. The maximum Gasteiger partial charge on any atom is 0.266 e. The number of para-hydroxylation sites is 1. The van der Waals surface area contributed by atoms with Crippen molar-refractivity contribution in [2.45, 2.75) is 26.4 Å². The lowest BCUT2D eigenvalue weighted by molar-refractivity contribution is -0.122. The molecule has 0 aliphatic rings. The molecule has 3 rings (SSSR count). The summed E-state index contributed by atoms with van der Waals surface area (Å²) < 4.78 is 10.8. The number of hydrogen-bond acceptors (Lipinski definition) is 5. The fourth-order valence-electron chi connectivity index (χ4n) is 2.28. The van der Waals surface area contributed by atoms with Gasteiger partial charge in [0.1, 0.15) is 17.0 Å². The highest BCUT2D eigenvalue weighted by Crippen LogP contribution is 2.24. The van der Waals surface area contributed by atoms with Gasteiger partial charge in [0.05, 0.1) is 0 Å². The molecule has 118 valence electrons. The molecule has 1 unspecified atom stereocenters. The molecule has 0 saturated heterocycles. The Morgan fingerprint density at radius 3 is 2.91 bits per heavy atom. The second kappa shape index (κ2) is 6.48. The highest BCUT2D eigenvalue weighted by atomic mass is 16.5. The number of amides is 1. The van der Waals surface area contributed by atoms with E-state index < -0.39 is 6.10 Å². The number of pyridine rings is 1. The van der Waals surface area contributed by atoms with Gasteiger partial charge in [0.15, 0.2) is 11.9 Å². The van der Waals surface area contributed by atoms with E-state index in [1.807, 2.05) is 37.3 Å². The topological polar surface area (TPSA) is 77.2 Å². The summed E-state index contributed by atoms with van der Waals surface area (Å²) in [5, 5.41) is 7.41. The van der Waals surface area contributed by atoms with Crippen LogP contribution in [0.25, 0.3) is 10.9 Å². The molecule has 0 fully saturated rings. The highest BCUT2D eigenvalue weighted by molar-refractivity contribution is 5.94. The summed E-state index contributed by atoms with van der Waals surface area (Å²) in [5.74, 6) is 1.33. The van der Waals surface area contributed by atoms with Crippen LogP contribution in [0.3, 0.4) is 0 Å². The van der Waals surface area contributed by atoms with Crippen LogP contribution in [0.1, 0.15) is 19.1 Å². The van der Waals surface area contributed by atoms with Gasteiger partial charge in [-0.25, -0.2) is 0 Å². The largest absolute Gasteiger partial charge is 0.478 e. The van der Waals surface area contributed by atoms with Crippen molar-refractivity contribution in [3.05, 3.63) is 48.4 Å². The third-order valence-electron chi connectivity index (χ3n) is 3.41. The van der Waals surface area contributed by atoms with Crippen LogP contribution in [-0.2, 0) is 4.79 Å². The minimum atomic E-state index is -0.639. The van der Waals surface area contributed by atoms with Crippen LogP contribution in [0.5, 0.6) is 5.75 Å². The molecule has 2 aromatic heterocycles. The van der Waals surface area contributed by atoms with Crippen LogP contribution in [0.4, 0.5) is 5.82 Å². The molecule has 0 aliphatic carbocycles. The van der Waals surface area contributed by atoms with Crippen LogP contribution >= 0.6 is 0 Å². The molecule has 0 bridgehead atoms. The molecule has 0 radical (unpaired) electrons. The molecule has 1 amide bonds. The molecular formula is C17H17N3O3. The molecule has 1 atom stereocenters. The van der Waals surface area contributed by atoms with Crippen LogP contribution in [0.15, 0.2) is 47.1 Å². The Bertz CT molecular complexity index is 823. The van der Waals surface area contributed by atoms with E-state index in [1.54, 1.807) is 19.2 Å². The van der Waals surface area contributed by atoms with Gasteiger partial charge in [-0.1, -0.05) is 30.3 Å². The number of rotatable bonds is 5. The predicted octanol–water partition coefficient (Wildman–Crippen LogP) is 3.33. The summed E-state index contributed by atoms with van der Waals surface area (Å²) in [6.45, 7) is 3.65. The number of benzene rings is 1. The smallest absolute Gasteiger partial charge is 0.266 e.